The number of amides is 1. The zero-order valence-corrected chi connectivity index (χ0v) is 8.78. The largest absolute Gasteiger partial charge is 0.381 e. The summed E-state index contributed by atoms with van der Waals surface area (Å²) in [6, 6.07) is 0.101. The van der Waals surface area contributed by atoms with E-state index in [0.717, 1.165) is 26.1 Å². The molecule has 3 N–H and O–H groups in total. The molecule has 0 aromatic rings. The highest BCUT2D eigenvalue weighted by molar-refractivity contribution is 5.80. The van der Waals surface area contributed by atoms with Gasteiger partial charge in [-0.25, -0.2) is 0 Å². The number of carbonyl (C=O) groups excluding carboxylic acids is 1. The van der Waals surface area contributed by atoms with Gasteiger partial charge in [0.05, 0.1) is 19.1 Å². The Morgan fingerprint density at radius 3 is 2.53 bits per heavy atom. The normalized spacial score (nSPS) is 32.9. The molecule has 5 nitrogen and oxygen atoms in total. The van der Waals surface area contributed by atoms with Gasteiger partial charge in [0.25, 0.3) is 0 Å². The van der Waals surface area contributed by atoms with Crippen molar-refractivity contribution in [3.63, 3.8) is 0 Å². The summed E-state index contributed by atoms with van der Waals surface area (Å²) in [4.78, 5) is 11.8. The van der Waals surface area contributed by atoms with Crippen LogP contribution in [0.25, 0.3) is 0 Å². The van der Waals surface area contributed by atoms with Crippen LogP contribution in [0.4, 0.5) is 0 Å². The van der Waals surface area contributed by atoms with Crippen LogP contribution >= 0.6 is 0 Å². The summed E-state index contributed by atoms with van der Waals surface area (Å²) in [6.07, 6.45) is 1.79. The van der Waals surface area contributed by atoms with Crippen LogP contribution in [0.3, 0.4) is 0 Å². The Balaban J connectivity index is 1.80. The van der Waals surface area contributed by atoms with E-state index in [0.29, 0.717) is 13.2 Å². The van der Waals surface area contributed by atoms with E-state index in [4.69, 9.17) is 15.2 Å². The summed E-state index contributed by atoms with van der Waals surface area (Å²) < 4.78 is 10.4. The van der Waals surface area contributed by atoms with Crippen molar-refractivity contribution in [2.24, 2.45) is 11.7 Å². The Morgan fingerprint density at radius 2 is 1.93 bits per heavy atom. The lowest BCUT2D eigenvalue weighted by atomic mass is 10.0. The third-order valence-corrected chi connectivity index (χ3v) is 3.03. The topological polar surface area (TPSA) is 73.6 Å². The fourth-order valence-corrected chi connectivity index (χ4v) is 1.99. The molecule has 0 aromatic carbocycles. The molecule has 0 saturated carbocycles. The minimum Gasteiger partial charge on any atom is -0.381 e. The number of hydrogen-bond donors (Lipinski definition) is 2. The Hall–Kier alpha value is -0.650. The molecule has 0 spiro atoms. The van der Waals surface area contributed by atoms with Gasteiger partial charge >= 0.3 is 0 Å². The highest BCUT2D eigenvalue weighted by atomic mass is 16.5. The summed E-state index contributed by atoms with van der Waals surface area (Å²) in [5.41, 5.74) is 5.77. The summed E-state index contributed by atoms with van der Waals surface area (Å²) in [5.74, 6) is -0.139. The molecule has 0 bridgehead atoms. The third-order valence-electron chi connectivity index (χ3n) is 3.03. The molecule has 0 aromatic heterocycles. The number of carbonyl (C=O) groups is 1. The predicted molar refractivity (Wildman–Crippen MR) is 54.3 cm³/mol. The van der Waals surface area contributed by atoms with Crippen molar-refractivity contribution in [1.82, 2.24) is 5.32 Å². The van der Waals surface area contributed by atoms with Crippen molar-refractivity contribution in [3.05, 3.63) is 0 Å². The molecule has 86 valence electrons. The smallest absolute Gasteiger partial charge is 0.227 e. The van der Waals surface area contributed by atoms with E-state index >= 15 is 0 Å². The zero-order chi connectivity index (χ0) is 10.7. The first kappa shape index (κ1) is 10.9. The Labute approximate surface area is 89.3 Å². The van der Waals surface area contributed by atoms with E-state index in [2.05, 4.69) is 5.32 Å². The van der Waals surface area contributed by atoms with Crippen molar-refractivity contribution >= 4 is 5.91 Å². The molecule has 2 rings (SSSR count). The van der Waals surface area contributed by atoms with Gasteiger partial charge in [-0.15, -0.1) is 0 Å². The molecule has 2 saturated heterocycles. The molecule has 2 aliphatic rings. The first-order chi connectivity index (χ1) is 7.27. The van der Waals surface area contributed by atoms with Crippen molar-refractivity contribution in [2.75, 3.05) is 26.4 Å². The molecule has 2 fully saturated rings. The summed E-state index contributed by atoms with van der Waals surface area (Å²) in [6.45, 7) is 2.42. The second kappa shape index (κ2) is 4.92. The Kier molecular flexibility index (Phi) is 3.56. The standard InChI is InChI=1S/C10H18N2O3/c11-9-6-15-5-8(9)10(13)12-7-1-3-14-4-2-7/h7-9H,1-6,11H2,(H,12,13). The molecule has 15 heavy (non-hydrogen) atoms. The van der Waals surface area contributed by atoms with Gasteiger partial charge in [-0.1, -0.05) is 0 Å². The maximum absolute atomic E-state index is 11.8. The van der Waals surface area contributed by atoms with Crippen LogP contribution in [0.5, 0.6) is 0 Å². The lowest BCUT2D eigenvalue weighted by Crippen LogP contribution is -2.46. The molecule has 2 aliphatic heterocycles. The Morgan fingerprint density at radius 1 is 1.20 bits per heavy atom. The minimum atomic E-state index is -0.173. The number of ether oxygens (including phenoxy) is 2. The molecular weight excluding hydrogens is 196 g/mol. The van der Waals surface area contributed by atoms with Gasteiger partial charge < -0.3 is 20.5 Å². The SMILES string of the molecule is NC1COCC1C(=O)NC1CCOCC1. The van der Waals surface area contributed by atoms with Crippen LogP contribution in [0.2, 0.25) is 0 Å². The van der Waals surface area contributed by atoms with Gasteiger partial charge in [-0.2, -0.15) is 0 Å². The maximum Gasteiger partial charge on any atom is 0.227 e. The maximum atomic E-state index is 11.8. The fourth-order valence-electron chi connectivity index (χ4n) is 1.99. The number of hydrogen-bond acceptors (Lipinski definition) is 4. The summed E-state index contributed by atoms with van der Waals surface area (Å²) >= 11 is 0. The highest BCUT2D eigenvalue weighted by Crippen LogP contribution is 2.13. The summed E-state index contributed by atoms with van der Waals surface area (Å²) in [7, 11) is 0. The van der Waals surface area contributed by atoms with E-state index in [9.17, 15) is 4.79 Å². The first-order valence-electron chi connectivity index (χ1n) is 5.49. The van der Waals surface area contributed by atoms with Crippen LogP contribution in [-0.2, 0) is 14.3 Å². The van der Waals surface area contributed by atoms with E-state index < -0.39 is 0 Å². The van der Waals surface area contributed by atoms with E-state index in [1.54, 1.807) is 0 Å². The minimum absolute atomic E-state index is 0.0342. The average molecular weight is 214 g/mol. The van der Waals surface area contributed by atoms with Gasteiger partial charge in [-0.3, -0.25) is 4.79 Å². The Bertz CT molecular complexity index is 229. The molecule has 5 heteroatoms. The molecular formula is C10H18N2O3. The lowest BCUT2D eigenvalue weighted by Gasteiger charge is -2.25. The quantitative estimate of drug-likeness (QED) is 0.634. The van der Waals surface area contributed by atoms with Crippen LogP contribution < -0.4 is 11.1 Å². The van der Waals surface area contributed by atoms with E-state index in [1.165, 1.54) is 0 Å². The second-order valence-corrected chi connectivity index (χ2v) is 4.20. The van der Waals surface area contributed by atoms with Crippen molar-refractivity contribution in [1.29, 1.82) is 0 Å². The number of rotatable bonds is 2. The molecule has 2 atom stereocenters. The zero-order valence-electron chi connectivity index (χ0n) is 8.78. The lowest BCUT2D eigenvalue weighted by molar-refractivity contribution is -0.126. The van der Waals surface area contributed by atoms with Gasteiger partial charge in [0.15, 0.2) is 0 Å². The van der Waals surface area contributed by atoms with Crippen LogP contribution in [-0.4, -0.2) is 44.4 Å². The molecule has 2 heterocycles. The van der Waals surface area contributed by atoms with E-state index in [-0.39, 0.29) is 23.9 Å². The van der Waals surface area contributed by atoms with Crippen molar-refractivity contribution in [2.45, 2.75) is 24.9 Å². The van der Waals surface area contributed by atoms with E-state index in [1.807, 2.05) is 0 Å². The van der Waals surface area contributed by atoms with Gasteiger partial charge in [-0.05, 0) is 12.8 Å². The van der Waals surface area contributed by atoms with Gasteiger partial charge in [0.1, 0.15) is 0 Å². The molecule has 0 aliphatic carbocycles. The average Bonchev–Trinajstić information content (AvgIpc) is 2.66. The monoisotopic (exact) mass is 214 g/mol. The van der Waals surface area contributed by atoms with Gasteiger partial charge in [0.2, 0.25) is 5.91 Å². The van der Waals surface area contributed by atoms with Crippen molar-refractivity contribution in [3.8, 4) is 0 Å². The molecule has 2 unspecified atom stereocenters. The third kappa shape index (κ3) is 2.68. The molecule has 1 amide bonds. The van der Waals surface area contributed by atoms with Crippen LogP contribution in [0.15, 0.2) is 0 Å². The first-order valence-corrected chi connectivity index (χ1v) is 5.49. The number of nitrogens with one attached hydrogen (secondary N) is 1. The van der Waals surface area contributed by atoms with Crippen LogP contribution in [0, 0.1) is 5.92 Å². The second-order valence-electron chi connectivity index (χ2n) is 4.20. The summed E-state index contributed by atoms with van der Waals surface area (Å²) in [5, 5.41) is 3.01. The highest BCUT2D eigenvalue weighted by Gasteiger charge is 2.32. The predicted octanol–water partition coefficient (Wildman–Crippen LogP) is -0.745. The fraction of sp³-hybridized carbons (Fsp3) is 0.900. The van der Waals surface area contributed by atoms with Crippen LogP contribution in [0.1, 0.15) is 12.8 Å². The van der Waals surface area contributed by atoms with Crippen molar-refractivity contribution < 1.29 is 14.3 Å². The molecule has 0 radical (unpaired) electrons. The van der Waals surface area contributed by atoms with Gasteiger partial charge in [0, 0.05) is 25.3 Å². The number of nitrogens with two attached hydrogens (primary N) is 1.